The molecule has 14 N–H and O–H groups in total. The van der Waals surface area contributed by atoms with Crippen LogP contribution in [-0.4, -0.2) is 179 Å². The Morgan fingerprint density at radius 2 is 1.28 bits per heavy atom. The van der Waals surface area contributed by atoms with Crippen molar-refractivity contribution in [1.29, 1.82) is 0 Å². The van der Waals surface area contributed by atoms with E-state index < -0.39 is 140 Å². The van der Waals surface area contributed by atoms with Gasteiger partial charge < -0.3 is 86.2 Å². The van der Waals surface area contributed by atoms with Gasteiger partial charge >= 0.3 is 5.97 Å². The molecule has 19 nitrogen and oxygen atoms in total. The number of hydrogen-bond acceptors (Lipinski definition) is 18. The smallest absolute Gasteiger partial charge is 0.308 e. The highest BCUT2D eigenvalue weighted by Crippen LogP contribution is 2.38. The van der Waals surface area contributed by atoms with Crippen LogP contribution in [0.15, 0.2) is 85.1 Å². The number of fused-ring (bicyclic) bond motifs is 2. The van der Waals surface area contributed by atoms with Crippen LogP contribution >= 0.6 is 0 Å². The first kappa shape index (κ1) is 59.8. The fourth-order valence-electron chi connectivity index (χ4n) is 8.38. The van der Waals surface area contributed by atoms with Crippen LogP contribution < -0.4 is 11.1 Å². The zero-order valence-electron chi connectivity index (χ0n) is 40.2. The minimum Gasteiger partial charge on any atom is -0.462 e. The predicted molar refractivity (Wildman–Crippen MR) is 254 cm³/mol. The van der Waals surface area contributed by atoms with Gasteiger partial charge in [-0.05, 0) is 46.0 Å². The summed E-state index contributed by atoms with van der Waals surface area (Å²) < 4.78 is 23.6. The van der Waals surface area contributed by atoms with Crippen LogP contribution in [0.4, 0.5) is 0 Å². The number of ether oxygens (including phenoxy) is 4. The molecule has 0 aliphatic carbocycles. The number of aliphatic hydroxyl groups is 11. The van der Waals surface area contributed by atoms with Crippen molar-refractivity contribution < 1.29 is 84.7 Å². The lowest BCUT2D eigenvalue weighted by atomic mass is 9.82. The predicted octanol–water partition coefficient (Wildman–Crippen LogP) is 0.126. The lowest BCUT2D eigenvalue weighted by molar-refractivity contribution is -0.308. The largest absolute Gasteiger partial charge is 0.462 e. The Morgan fingerprint density at radius 1 is 0.710 bits per heavy atom. The van der Waals surface area contributed by atoms with Gasteiger partial charge in [0.2, 0.25) is 5.91 Å². The summed E-state index contributed by atoms with van der Waals surface area (Å²) in [6, 6.07) is -1.14. The van der Waals surface area contributed by atoms with E-state index in [1.165, 1.54) is 0 Å². The lowest BCUT2D eigenvalue weighted by Crippen LogP contribution is -2.62. The van der Waals surface area contributed by atoms with Crippen molar-refractivity contribution >= 4 is 11.9 Å². The molecule has 0 unspecified atom stereocenters. The molecule has 2 saturated heterocycles. The summed E-state index contributed by atoms with van der Waals surface area (Å²) in [5.41, 5.74) is 6.08. The highest BCUT2D eigenvalue weighted by Gasteiger charge is 2.51. The molecule has 3 aliphatic heterocycles. The molecule has 0 saturated carbocycles. The molecule has 69 heavy (non-hydrogen) atoms. The van der Waals surface area contributed by atoms with Crippen LogP contribution in [0.3, 0.4) is 0 Å². The SMILES string of the molecule is C[C@@H]1[C@H](O)[C@@H](C)/C=C/C=C/C=C/C=C/C=C/C=C/C=C/[C@H](O[C@H]2O[C@@H](C)[C@H](O)[C@@H](N)[C@H]2O)C[C@@H]2O[C@](O)(C[C@@H](O)[C@H](O)CC[C@@H](O)C[C@@H](O)C[C@@H](O)CC(=O)O[C@H]1C)C[C@H](O)[C@H]2C(=O)NCCCO. The van der Waals surface area contributed by atoms with Gasteiger partial charge in [-0.25, -0.2) is 0 Å². The lowest BCUT2D eigenvalue weighted by Gasteiger charge is -2.46. The van der Waals surface area contributed by atoms with Crippen LogP contribution in [0.1, 0.15) is 85.5 Å². The molecule has 2 fully saturated rings. The third-order valence-electron chi connectivity index (χ3n) is 12.7. The van der Waals surface area contributed by atoms with Gasteiger partial charge in [-0.1, -0.05) is 98.9 Å². The maximum atomic E-state index is 13.6. The fourth-order valence-corrected chi connectivity index (χ4v) is 8.38. The van der Waals surface area contributed by atoms with Crippen LogP contribution in [0, 0.1) is 17.8 Å². The summed E-state index contributed by atoms with van der Waals surface area (Å²) in [6.07, 6.45) is 4.57. The van der Waals surface area contributed by atoms with E-state index >= 15 is 0 Å². The number of amides is 1. The summed E-state index contributed by atoms with van der Waals surface area (Å²) >= 11 is 0. The van der Waals surface area contributed by atoms with E-state index in [4.69, 9.17) is 24.7 Å². The highest BCUT2D eigenvalue weighted by atomic mass is 16.7. The topological polar surface area (TPSA) is 332 Å². The second kappa shape index (κ2) is 30.4. The van der Waals surface area contributed by atoms with E-state index in [1.807, 2.05) is 37.3 Å². The zero-order chi connectivity index (χ0) is 51.3. The summed E-state index contributed by atoms with van der Waals surface area (Å²) in [4.78, 5) is 26.3. The molecule has 19 heteroatoms. The van der Waals surface area contributed by atoms with E-state index in [2.05, 4.69) is 5.32 Å². The van der Waals surface area contributed by atoms with Crippen molar-refractivity contribution in [1.82, 2.24) is 5.32 Å². The maximum Gasteiger partial charge on any atom is 0.308 e. The quantitative estimate of drug-likeness (QED) is 0.124. The molecule has 3 aliphatic rings. The molecule has 0 aromatic carbocycles. The maximum absolute atomic E-state index is 13.6. The van der Waals surface area contributed by atoms with Crippen LogP contribution in [-0.2, 0) is 28.5 Å². The van der Waals surface area contributed by atoms with E-state index in [0.717, 1.165) is 0 Å². The molecule has 2 bridgehead atoms. The van der Waals surface area contributed by atoms with Crippen LogP contribution in [0.5, 0.6) is 0 Å². The van der Waals surface area contributed by atoms with Gasteiger partial charge in [-0.3, -0.25) is 9.59 Å². The van der Waals surface area contributed by atoms with Crippen molar-refractivity contribution in [2.24, 2.45) is 23.5 Å². The van der Waals surface area contributed by atoms with Crippen molar-refractivity contribution in [2.45, 2.75) is 183 Å². The number of rotatable bonds is 6. The number of nitrogens with two attached hydrogens (primary N) is 1. The second-order valence-electron chi connectivity index (χ2n) is 18.6. The summed E-state index contributed by atoms with van der Waals surface area (Å²) in [5.74, 6) is -5.78. The van der Waals surface area contributed by atoms with Gasteiger partial charge in [0.25, 0.3) is 0 Å². The number of hydrogen-bond donors (Lipinski definition) is 13. The molecule has 3 rings (SSSR count). The van der Waals surface area contributed by atoms with E-state index in [1.54, 1.807) is 75.5 Å². The zero-order valence-corrected chi connectivity index (χ0v) is 40.2. The van der Waals surface area contributed by atoms with Gasteiger partial charge in [-0.2, -0.15) is 0 Å². The Balaban J connectivity index is 1.92. The van der Waals surface area contributed by atoms with Gasteiger partial charge in [-0.15, -0.1) is 0 Å². The molecule has 0 aromatic heterocycles. The Morgan fingerprint density at radius 3 is 1.88 bits per heavy atom. The Labute approximate surface area is 405 Å². The number of aliphatic hydroxyl groups excluding tert-OH is 10. The summed E-state index contributed by atoms with van der Waals surface area (Å²) in [6.45, 7) is 6.61. The third-order valence-corrected chi connectivity index (χ3v) is 12.7. The Bertz CT molecular complexity index is 1740. The molecular weight excluding hydrogens is 901 g/mol. The molecule has 0 aromatic rings. The van der Waals surface area contributed by atoms with E-state index in [9.17, 15) is 65.8 Å². The average molecular weight is 981 g/mol. The van der Waals surface area contributed by atoms with Gasteiger partial charge in [0.1, 0.15) is 12.2 Å². The normalized spacial score (nSPS) is 43.5. The number of carbonyl (C=O) groups excluding carboxylic acids is 2. The number of allylic oxidation sites excluding steroid dienone is 12. The molecule has 392 valence electrons. The first-order valence-corrected chi connectivity index (χ1v) is 24.0. The molecule has 1 amide bonds. The molecule has 0 radical (unpaired) electrons. The van der Waals surface area contributed by atoms with Crippen molar-refractivity contribution in [3.63, 3.8) is 0 Å². The Kier molecular flexibility index (Phi) is 26.4. The summed E-state index contributed by atoms with van der Waals surface area (Å²) in [7, 11) is 0. The number of nitrogens with one attached hydrogen (secondary N) is 1. The van der Waals surface area contributed by atoms with Gasteiger partial charge in [0.05, 0.1) is 85.5 Å². The summed E-state index contributed by atoms with van der Waals surface area (Å²) in [5, 5.41) is 121. The van der Waals surface area contributed by atoms with Gasteiger partial charge in [0, 0.05) is 44.2 Å². The fraction of sp³-hybridized carbons (Fsp3) is 0.680. The standard InChI is InChI=1S/C50H80N2O17/c1-30-18-15-13-11-9-7-5-6-8-10-12-14-16-19-37(68-49-47(63)44(51)46(62)33(4)67-49)27-41-43(48(64)52-22-17-23-53)40(59)29-50(65,69-41)28-39(58)38(57)21-20-34(54)24-35(55)25-36(56)26-42(60)66-32(3)31(2)45(30)61/h5-16,18-19,30-41,43-47,49,53-59,61-63,65H,17,20-29,51H2,1-4H3,(H,52,64)/b6-5+,9-7+,10-8+,13-11+,14-12+,18-15+,19-16+/t30-,31-,32-,33-,34+,35+,36+,37-,38+,39+,40-,41-,43+,44+,45+,46-,47+,49+,50+/m0/s1. The van der Waals surface area contributed by atoms with Crippen molar-refractivity contribution in [3.8, 4) is 0 Å². The monoisotopic (exact) mass is 981 g/mol. The highest BCUT2D eigenvalue weighted by molar-refractivity contribution is 5.80. The van der Waals surface area contributed by atoms with Crippen molar-refractivity contribution in [2.75, 3.05) is 13.2 Å². The van der Waals surface area contributed by atoms with Crippen LogP contribution in [0.25, 0.3) is 0 Å². The number of cyclic esters (lactones) is 1. The molecule has 19 atom stereocenters. The number of carbonyl (C=O) groups is 2. The van der Waals surface area contributed by atoms with Gasteiger partial charge in [0.15, 0.2) is 12.1 Å². The van der Waals surface area contributed by atoms with Crippen molar-refractivity contribution in [3.05, 3.63) is 85.1 Å². The first-order valence-electron chi connectivity index (χ1n) is 24.0. The van der Waals surface area contributed by atoms with E-state index in [0.29, 0.717) is 0 Å². The second-order valence-corrected chi connectivity index (χ2v) is 18.6. The molecule has 3 heterocycles. The molecule has 0 spiro atoms. The number of esters is 1. The van der Waals surface area contributed by atoms with Crippen LogP contribution in [0.2, 0.25) is 0 Å². The minimum absolute atomic E-state index is 0.0571. The third kappa shape index (κ3) is 20.6. The average Bonchev–Trinajstić information content (AvgIpc) is 3.27. The Hall–Kier alpha value is -3.48. The molecular formula is C50H80N2O17. The first-order chi connectivity index (χ1) is 32.7. The van der Waals surface area contributed by atoms with E-state index in [-0.39, 0.29) is 57.6 Å². The minimum atomic E-state index is -2.32.